The molecule has 0 radical (unpaired) electrons. The summed E-state index contributed by atoms with van der Waals surface area (Å²) in [6.45, 7) is 3.26. The normalized spacial score (nSPS) is 11.7. The number of carboxylic acid groups (broad SMARTS) is 1. The van der Waals surface area contributed by atoms with Crippen molar-refractivity contribution in [3.05, 3.63) is 39.9 Å². The Labute approximate surface area is 122 Å². The lowest BCUT2D eigenvalue weighted by atomic mass is 10.1. The Hall–Kier alpha value is -2.44. The third-order valence-corrected chi connectivity index (χ3v) is 3.23. The average Bonchev–Trinajstić information content (AvgIpc) is 2.43. The van der Waals surface area contributed by atoms with Gasteiger partial charge in [-0.3, -0.25) is 19.7 Å². The summed E-state index contributed by atoms with van der Waals surface area (Å²) in [5.74, 6) is -1.44. The van der Waals surface area contributed by atoms with Crippen molar-refractivity contribution in [3.63, 3.8) is 0 Å². The summed E-state index contributed by atoms with van der Waals surface area (Å²) in [6.07, 6.45) is 0.577. The highest BCUT2D eigenvalue weighted by Gasteiger charge is 2.22. The molecule has 0 bridgehead atoms. The molecule has 1 N–H and O–H groups in total. The number of nitrogens with zero attached hydrogens (tertiary/aromatic N) is 2. The number of aliphatic carboxylic acids is 1. The van der Waals surface area contributed by atoms with Crippen molar-refractivity contribution in [1.82, 2.24) is 4.90 Å². The lowest BCUT2D eigenvalue weighted by Crippen LogP contribution is -2.42. The van der Waals surface area contributed by atoms with Crippen molar-refractivity contribution in [2.45, 2.75) is 32.7 Å². The van der Waals surface area contributed by atoms with Crippen LogP contribution in [0.15, 0.2) is 24.3 Å². The molecule has 1 aromatic carbocycles. The minimum Gasteiger partial charge on any atom is -0.480 e. The van der Waals surface area contributed by atoms with Gasteiger partial charge in [0.2, 0.25) is 5.91 Å². The number of carbonyl (C=O) groups is 2. The first-order valence-corrected chi connectivity index (χ1v) is 6.59. The van der Waals surface area contributed by atoms with E-state index < -0.39 is 10.9 Å². The molecule has 1 aromatic rings. The standard InChI is InChI=1S/C14H18N2O5/c1-3-10(2)15(9-14(18)19)13(17)8-11-5-4-6-12(7-11)16(20)21/h4-7,10H,3,8-9H2,1-2H3,(H,18,19). The molecule has 114 valence electrons. The molecule has 1 rings (SSSR count). The maximum absolute atomic E-state index is 12.2. The summed E-state index contributed by atoms with van der Waals surface area (Å²) >= 11 is 0. The summed E-state index contributed by atoms with van der Waals surface area (Å²) in [7, 11) is 0. The Morgan fingerprint density at radius 2 is 2.10 bits per heavy atom. The van der Waals surface area contributed by atoms with Crippen LogP contribution in [0.2, 0.25) is 0 Å². The molecule has 7 nitrogen and oxygen atoms in total. The Bertz CT molecular complexity index is 544. The van der Waals surface area contributed by atoms with E-state index in [1.807, 2.05) is 6.92 Å². The first kappa shape index (κ1) is 16.6. The number of nitro groups is 1. The van der Waals surface area contributed by atoms with Gasteiger partial charge >= 0.3 is 5.97 Å². The minimum atomic E-state index is -1.08. The van der Waals surface area contributed by atoms with E-state index in [9.17, 15) is 19.7 Å². The van der Waals surface area contributed by atoms with Crippen LogP contribution in [0.4, 0.5) is 5.69 Å². The number of hydrogen-bond donors (Lipinski definition) is 1. The van der Waals surface area contributed by atoms with Crippen LogP contribution in [0, 0.1) is 10.1 Å². The van der Waals surface area contributed by atoms with Crippen LogP contribution < -0.4 is 0 Å². The summed E-state index contributed by atoms with van der Waals surface area (Å²) in [5, 5.41) is 19.6. The van der Waals surface area contributed by atoms with Crippen molar-refractivity contribution in [2.75, 3.05) is 6.54 Å². The van der Waals surface area contributed by atoms with Gasteiger partial charge in [-0.2, -0.15) is 0 Å². The molecule has 0 aromatic heterocycles. The molecule has 0 saturated carbocycles. The fraction of sp³-hybridized carbons (Fsp3) is 0.429. The fourth-order valence-electron chi connectivity index (χ4n) is 1.91. The van der Waals surface area contributed by atoms with Gasteiger partial charge < -0.3 is 10.0 Å². The van der Waals surface area contributed by atoms with Gasteiger partial charge in [-0.25, -0.2) is 0 Å². The van der Waals surface area contributed by atoms with Crippen LogP contribution in [0.25, 0.3) is 0 Å². The maximum atomic E-state index is 12.2. The van der Waals surface area contributed by atoms with Gasteiger partial charge in [0, 0.05) is 18.2 Å². The third-order valence-electron chi connectivity index (χ3n) is 3.23. The summed E-state index contributed by atoms with van der Waals surface area (Å²) in [5.41, 5.74) is 0.404. The van der Waals surface area contributed by atoms with Crippen molar-refractivity contribution < 1.29 is 19.6 Å². The molecule has 1 amide bonds. The molecule has 0 aliphatic heterocycles. The number of hydrogen-bond acceptors (Lipinski definition) is 4. The molecule has 0 fully saturated rings. The van der Waals surface area contributed by atoms with Crippen molar-refractivity contribution in [3.8, 4) is 0 Å². The Balaban J connectivity index is 2.88. The summed E-state index contributed by atoms with van der Waals surface area (Å²) < 4.78 is 0. The largest absolute Gasteiger partial charge is 0.480 e. The van der Waals surface area contributed by atoms with Crippen LogP contribution in [-0.2, 0) is 16.0 Å². The number of carboxylic acids is 1. The minimum absolute atomic E-state index is 0.0563. The summed E-state index contributed by atoms with van der Waals surface area (Å²) in [6, 6.07) is 5.59. The zero-order chi connectivity index (χ0) is 16.0. The van der Waals surface area contributed by atoms with E-state index in [2.05, 4.69) is 0 Å². The second kappa shape index (κ2) is 7.37. The maximum Gasteiger partial charge on any atom is 0.323 e. The molecule has 1 unspecified atom stereocenters. The van der Waals surface area contributed by atoms with Crippen molar-refractivity contribution in [2.24, 2.45) is 0 Å². The summed E-state index contributed by atoms with van der Waals surface area (Å²) in [4.78, 5) is 34.5. The quantitative estimate of drug-likeness (QED) is 0.611. The molecular formula is C14H18N2O5. The van der Waals surface area contributed by atoms with E-state index in [4.69, 9.17) is 5.11 Å². The number of non-ortho nitro benzene ring substituents is 1. The van der Waals surface area contributed by atoms with Gasteiger partial charge in [-0.05, 0) is 18.9 Å². The molecule has 0 aliphatic carbocycles. The Morgan fingerprint density at radius 1 is 1.43 bits per heavy atom. The number of benzene rings is 1. The molecular weight excluding hydrogens is 276 g/mol. The van der Waals surface area contributed by atoms with E-state index in [0.29, 0.717) is 12.0 Å². The number of nitro benzene ring substituents is 1. The highest BCUT2D eigenvalue weighted by molar-refractivity contribution is 5.83. The van der Waals surface area contributed by atoms with Gasteiger partial charge in [0.05, 0.1) is 11.3 Å². The Morgan fingerprint density at radius 3 is 2.62 bits per heavy atom. The van der Waals surface area contributed by atoms with Crippen LogP contribution in [0.1, 0.15) is 25.8 Å². The zero-order valence-corrected chi connectivity index (χ0v) is 12.0. The second-order valence-corrected chi connectivity index (χ2v) is 4.78. The zero-order valence-electron chi connectivity index (χ0n) is 12.0. The van der Waals surface area contributed by atoms with E-state index in [1.54, 1.807) is 13.0 Å². The molecule has 0 spiro atoms. The van der Waals surface area contributed by atoms with Crippen LogP contribution >= 0.6 is 0 Å². The SMILES string of the molecule is CCC(C)N(CC(=O)O)C(=O)Cc1cccc([N+](=O)[O-])c1. The highest BCUT2D eigenvalue weighted by atomic mass is 16.6. The monoisotopic (exact) mass is 294 g/mol. The average molecular weight is 294 g/mol. The van der Waals surface area contributed by atoms with Crippen LogP contribution in [0.3, 0.4) is 0 Å². The van der Waals surface area contributed by atoms with Gasteiger partial charge in [0.1, 0.15) is 6.54 Å². The van der Waals surface area contributed by atoms with Crippen LogP contribution in [0.5, 0.6) is 0 Å². The van der Waals surface area contributed by atoms with Gasteiger partial charge in [0.15, 0.2) is 0 Å². The van der Waals surface area contributed by atoms with E-state index in [0.717, 1.165) is 0 Å². The second-order valence-electron chi connectivity index (χ2n) is 4.78. The van der Waals surface area contributed by atoms with E-state index in [1.165, 1.54) is 23.1 Å². The molecule has 0 aliphatic rings. The van der Waals surface area contributed by atoms with Crippen molar-refractivity contribution in [1.29, 1.82) is 0 Å². The Kier molecular flexibility index (Phi) is 5.83. The van der Waals surface area contributed by atoms with Gasteiger partial charge in [0.25, 0.3) is 5.69 Å². The predicted molar refractivity (Wildman–Crippen MR) is 75.9 cm³/mol. The van der Waals surface area contributed by atoms with Gasteiger partial charge in [-0.15, -0.1) is 0 Å². The predicted octanol–water partition coefficient (Wildman–Crippen LogP) is 1.85. The van der Waals surface area contributed by atoms with Gasteiger partial charge in [-0.1, -0.05) is 19.1 Å². The highest BCUT2D eigenvalue weighted by Crippen LogP contribution is 2.15. The van der Waals surface area contributed by atoms with Crippen molar-refractivity contribution >= 4 is 17.6 Å². The number of amides is 1. The molecule has 7 heteroatoms. The molecule has 0 heterocycles. The fourth-order valence-corrected chi connectivity index (χ4v) is 1.91. The lowest BCUT2D eigenvalue weighted by Gasteiger charge is -2.27. The lowest BCUT2D eigenvalue weighted by molar-refractivity contribution is -0.384. The first-order chi connectivity index (χ1) is 9.85. The van der Waals surface area contributed by atoms with E-state index >= 15 is 0 Å². The topological polar surface area (TPSA) is 101 Å². The van der Waals surface area contributed by atoms with E-state index in [-0.39, 0.29) is 30.6 Å². The smallest absolute Gasteiger partial charge is 0.323 e. The first-order valence-electron chi connectivity index (χ1n) is 6.59. The number of rotatable bonds is 7. The number of carbonyl (C=O) groups excluding carboxylic acids is 1. The molecule has 1 atom stereocenters. The molecule has 21 heavy (non-hydrogen) atoms. The van der Waals surface area contributed by atoms with Crippen LogP contribution in [-0.4, -0.2) is 39.4 Å². The third kappa shape index (κ3) is 4.87. The molecule has 0 saturated heterocycles.